The largest absolute Gasteiger partial charge is 0.313 e. The molecule has 0 aliphatic heterocycles. The molecule has 0 aromatic rings. The molecule has 4 nitrogen and oxygen atoms in total. The van der Waals surface area contributed by atoms with Gasteiger partial charge in [-0.1, -0.05) is 32.0 Å². The smallest absolute Gasteiger partial charge is 0.213 e. The Morgan fingerprint density at radius 2 is 2.07 bits per heavy atom. The second-order valence-corrected chi connectivity index (χ2v) is 5.73. The van der Waals surface area contributed by atoms with E-state index in [0.717, 1.165) is 0 Å². The van der Waals surface area contributed by atoms with Crippen LogP contribution in [0.3, 0.4) is 0 Å². The van der Waals surface area contributed by atoms with Crippen molar-refractivity contribution in [2.45, 2.75) is 19.9 Å². The number of sulfonamides is 1. The highest BCUT2D eigenvalue weighted by Gasteiger charge is 2.09. The zero-order valence-electron chi connectivity index (χ0n) is 8.51. The minimum atomic E-state index is -3.23. The van der Waals surface area contributed by atoms with Crippen LogP contribution >= 0.6 is 11.6 Å². The van der Waals surface area contributed by atoms with Crippen molar-refractivity contribution in [3.05, 3.63) is 11.6 Å². The second kappa shape index (κ2) is 6.40. The molecule has 0 atom stereocenters. The van der Waals surface area contributed by atoms with E-state index in [0.29, 0.717) is 6.54 Å². The maximum atomic E-state index is 11.3. The summed E-state index contributed by atoms with van der Waals surface area (Å²) in [6.07, 6.45) is 0. The molecule has 0 bridgehead atoms. The molecule has 0 heterocycles. The van der Waals surface area contributed by atoms with Crippen LogP contribution in [0.25, 0.3) is 0 Å². The molecule has 0 fully saturated rings. The highest BCUT2D eigenvalue weighted by atomic mass is 35.5. The lowest BCUT2D eigenvalue weighted by Gasteiger charge is -2.09. The van der Waals surface area contributed by atoms with Gasteiger partial charge in [-0.05, 0) is 0 Å². The lowest BCUT2D eigenvalue weighted by atomic mass is 10.4. The highest BCUT2D eigenvalue weighted by Crippen LogP contribution is 1.94. The first kappa shape index (κ1) is 13.9. The Hall–Kier alpha value is -0.100. The van der Waals surface area contributed by atoms with E-state index in [4.69, 9.17) is 11.6 Å². The van der Waals surface area contributed by atoms with Crippen molar-refractivity contribution in [1.29, 1.82) is 0 Å². The van der Waals surface area contributed by atoms with Crippen molar-refractivity contribution in [3.8, 4) is 0 Å². The van der Waals surface area contributed by atoms with Crippen LogP contribution in [0, 0.1) is 0 Å². The first-order chi connectivity index (χ1) is 6.33. The minimum absolute atomic E-state index is 0.0509. The van der Waals surface area contributed by atoms with Crippen LogP contribution in [0.4, 0.5) is 0 Å². The van der Waals surface area contributed by atoms with Gasteiger partial charge in [-0.15, -0.1) is 0 Å². The van der Waals surface area contributed by atoms with E-state index in [1.54, 1.807) is 0 Å². The fourth-order valence-corrected chi connectivity index (χ4v) is 1.81. The molecule has 0 aromatic carbocycles. The molecule has 84 valence electrons. The van der Waals surface area contributed by atoms with Gasteiger partial charge in [0.2, 0.25) is 10.0 Å². The molecule has 0 aliphatic rings. The van der Waals surface area contributed by atoms with Gasteiger partial charge in [0.1, 0.15) is 0 Å². The Labute approximate surface area is 90.8 Å². The minimum Gasteiger partial charge on any atom is -0.313 e. The number of nitrogens with one attached hydrogen (secondary N) is 2. The van der Waals surface area contributed by atoms with E-state index in [9.17, 15) is 8.42 Å². The Morgan fingerprint density at radius 3 is 2.50 bits per heavy atom. The van der Waals surface area contributed by atoms with Crippen molar-refractivity contribution >= 4 is 21.6 Å². The summed E-state index contributed by atoms with van der Waals surface area (Å²) in [4.78, 5) is 0. The summed E-state index contributed by atoms with van der Waals surface area (Å²) in [6, 6.07) is 0.285. The lowest BCUT2D eigenvalue weighted by molar-refractivity contribution is 0.570. The number of halogens is 1. The summed E-state index contributed by atoms with van der Waals surface area (Å²) in [5.41, 5.74) is 0. The van der Waals surface area contributed by atoms with Crippen LogP contribution in [-0.4, -0.2) is 33.3 Å². The maximum absolute atomic E-state index is 11.3. The molecular weight excluding hydrogens is 224 g/mol. The van der Waals surface area contributed by atoms with Gasteiger partial charge in [-0.3, -0.25) is 0 Å². The van der Waals surface area contributed by atoms with E-state index in [1.165, 1.54) is 0 Å². The van der Waals surface area contributed by atoms with Crippen LogP contribution in [0.15, 0.2) is 11.6 Å². The third-order valence-corrected chi connectivity index (χ3v) is 2.87. The number of hydrogen-bond acceptors (Lipinski definition) is 3. The monoisotopic (exact) mass is 240 g/mol. The standard InChI is InChI=1S/C8H17ClN2O2S/c1-7(2)10-4-5-14(12,13)11-6-8(3)9/h7,10-11H,3-6H2,1-2H3. The summed E-state index contributed by atoms with van der Waals surface area (Å²) in [6.45, 7) is 7.83. The molecule has 0 radical (unpaired) electrons. The van der Waals surface area contributed by atoms with Crippen molar-refractivity contribution < 1.29 is 8.42 Å². The lowest BCUT2D eigenvalue weighted by Crippen LogP contribution is -2.34. The Balaban J connectivity index is 3.79. The van der Waals surface area contributed by atoms with Crippen molar-refractivity contribution in [3.63, 3.8) is 0 Å². The van der Waals surface area contributed by atoms with E-state index < -0.39 is 10.0 Å². The molecule has 0 amide bonds. The normalized spacial score (nSPS) is 12.0. The van der Waals surface area contributed by atoms with Crippen LogP contribution in [0.1, 0.15) is 13.8 Å². The fraction of sp³-hybridized carbons (Fsp3) is 0.750. The van der Waals surface area contributed by atoms with Gasteiger partial charge >= 0.3 is 0 Å². The summed E-state index contributed by atoms with van der Waals surface area (Å²) in [5, 5.41) is 3.30. The average molecular weight is 241 g/mol. The molecule has 0 aromatic heterocycles. The van der Waals surface area contributed by atoms with Gasteiger partial charge in [-0.2, -0.15) is 0 Å². The first-order valence-corrected chi connectivity index (χ1v) is 6.40. The van der Waals surface area contributed by atoms with E-state index in [2.05, 4.69) is 16.6 Å². The SMILES string of the molecule is C=C(Cl)CNS(=O)(=O)CCNC(C)C. The summed E-state index contributed by atoms with van der Waals surface area (Å²) < 4.78 is 24.9. The van der Waals surface area contributed by atoms with Gasteiger partial charge in [0.05, 0.1) is 5.75 Å². The van der Waals surface area contributed by atoms with Crippen LogP contribution < -0.4 is 10.0 Å². The molecule has 0 aliphatic carbocycles. The highest BCUT2D eigenvalue weighted by molar-refractivity contribution is 7.89. The van der Waals surface area contributed by atoms with Crippen molar-refractivity contribution in [2.24, 2.45) is 0 Å². The number of hydrogen-bond donors (Lipinski definition) is 2. The summed E-state index contributed by atoms with van der Waals surface area (Å²) in [7, 11) is -3.23. The topological polar surface area (TPSA) is 58.2 Å². The maximum Gasteiger partial charge on any atom is 0.213 e. The molecule has 14 heavy (non-hydrogen) atoms. The van der Waals surface area contributed by atoms with E-state index in [-0.39, 0.29) is 23.4 Å². The Kier molecular flexibility index (Phi) is 6.35. The van der Waals surface area contributed by atoms with Gasteiger partial charge in [0, 0.05) is 24.2 Å². The first-order valence-electron chi connectivity index (χ1n) is 4.37. The van der Waals surface area contributed by atoms with Crippen LogP contribution in [0.5, 0.6) is 0 Å². The van der Waals surface area contributed by atoms with E-state index in [1.807, 2.05) is 13.8 Å². The van der Waals surface area contributed by atoms with Crippen LogP contribution in [-0.2, 0) is 10.0 Å². The zero-order chi connectivity index (χ0) is 11.2. The molecule has 6 heteroatoms. The quantitative estimate of drug-likeness (QED) is 0.687. The summed E-state index contributed by atoms with van der Waals surface area (Å²) >= 11 is 5.43. The van der Waals surface area contributed by atoms with Crippen LogP contribution in [0.2, 0.25) is 0 Å². The predicted molar refractivity (Wildman–Crippen MR) is 59.9 cm³/mol. The number of rotatable bonds is 7. The molecule has 0 saturated carbocycles. The fourth-order valence-electron chi connectivity index (χ4n) is 0.742. The average Bonchev–Trinajstić information content (AvgIpc) is 2.00. The Bertz CT molecular complexity index is 275. The van der Waals surface area contributed by atoms with Crippen molar-refractivity contribution in [2.75, 3.05) is 18.8 Å². The second-order valence-electron chi connectivity index (χ2n) is 3.27. The predicted octanol–water partition coefficient (Wildman–Crippen LogP) is 0.656. The third kappa shape index (κ3) is 8.50. The van der Waals surface area contributed by atoms with Gasteiger partial charge in [-0.25, -0.2) is 13.1 Å². The molecule has 0 saturated heterocycles. The Morgan fingerprint density at radius 1 is 1.50 bits per heavy atom. The van der Waals surface area contributed by atoms with Gasteiger partial charge < -0.3 is 5.32 Å². The van der Waals surface area contributed by atoms with E-state index >= 15 is 0 Å². The molecule has 0 rings (SSSR count). The third-order valence-electron chi connectivity index (χ3n) is 1.41. The molecule has 2 N–H and O–H groups in total. The summed E-state index contributed by atoms with van der Waals surface area (Å²) in [5.74, 6) is 0.0509. The molecular formula is C8H17ClN2O2S. The van der Waals surface area contributed by atoms with Gasteiger partial charge in [0.25, 0.3) is 0 Å². The zero-order valence-corrected chi connectivity index (χ0v) is 10.1. The van der Waals surface area contributed by atoms with Crippen molar-refractivity contribution in [1.82, 2.24) is 10.0 Å². The molecule has 0 spiro atoms. The molecule has 0 unspecified atom stereocenters. The van der Waals surface area contributed by atoms with Gasteiger partial charge in [0.15, 0.2) is 0 Å².